The monoisotopic (exact) mass is 399 g/mol. The number of aromatic nitrogens is 1. The predicted molar refractivity (Wildman–Crippen MR) is 114 cm³/mol. The Hall–Kier alpha value is -3.29. The van der Waals surface area contributed by atoms with Crippen molar-refractivity contribution < 1.29 is 14.3 Å². The normalized spacial score (nSPS) is 10.9. The van der Waals surface area contributed by atoms with E-state index in [1.807, 2.05) is 25.1 Å². The molecule has 0 fully saturated rings. The first kappa shape index (κ1) is 22.0. The predicted octanol–water partition coefficient (Wildman–Crippen LogP) is 1.63. The highest BCUT2D eigenvalue weighted by molar-refractivity contribution is 5.93. The minimum absolute atomic E-state index is 0.143. The lowest BCUT2D eigenvalue weighted by Crippen LogP contribution is -2.41. The Kier molecular flexibility index (Phi) is 9.28. The second kappa shape index (κ2) is 12.2. The van der Waals surface area contributed by atoms with E-state index >= 15 is 0 Å². The molecule has 0 aliphatic rings. The minimum Gasteiger partial charge on any atom is -0.493 e. The van der Waals surface area contributed by atoms with E-state index in [-0.39, 0.29) is 5.91 Å². The number of hydrogen-bond donors (Lipinski definition) is 3. The van der Waals surface area contributed by atoms with Gasteiger partial charge in [0.2, 0.25) is 0 Å². The second-order valence-corrected chi connectivity index (χ2v) is 6.12. The number of aliphatic imine (C=N–C) groups is 1. The van der Waals surface area contributed by atoms with Crippen molar-refractivity contribution in [2.75, 3.05) is 40.4 Å². The van der Waals surface area contributed by atoms with Crippen molar-refractivity contribution in [3.8, 4) is 11.5 Å². The number of ether oxygens (including phenoxy) is 2. The molecule has 0 spiro atoms. The fourth-order valence-electron chi connectivity index (χ4n) is 2.63. The molecule has 2 aromatic rings. The number of pyridine rings is 1. The summed E-state index contributed by atoms with van der Waals surface area (Å²) in [7, 11) is 3.25. The van der Waals surface area contributed by atoms with Gasteiger partial charge in [-0.15, -0.1) is 0 Å². The van der Waals surface area contributed by atoms with E-state index in [9.17, 15) is 4.79 Å². The van der Waals surface area contributed by atoms with E-state index in [0.29, 0.717) is 42.7 Å². The van der Waals surface area contributed by atoms with Crippen molar-refractivity contribution in [1.29, 1.82) is 0 Å². The highest BCUT2D eigenvalue weighted by Gasteiger charge is 2.06. The molecule has 0 bridgehead atoms. The molecule has 0 radical (unpaired) electrons. The van der Waals surface area contributed by atoms with Crippen LogP contribution in [0.1, 0.15) is 22.8 Å². The summed E-state index contributed by atoms with van der Waals surface area (Å²) >= 11 is 0. The molecule has 8 heteroatoms. The Morgan fingerprint density at radius 1 is 1.07 bits per heavy atom. The van der Waals surface area contributed by atoms with E-state index in [2.05, 4.69) is 25.9 Å². The van der Waals surface area contributed by atoms with E-state index in [1.165, 1.54) is 0 Å². The summed E-state index contributed by atoms with van der Waals surface area (Å²) in [5.74, 6) is 1.99. The van der Waals surface area contributed by atoms with Gasteiger partial charge in [0, 0.05) is 38.6 Å². The first-order valence-corrected chi connectivity index (χ1v) is 9.59. The largest absolute Gasteiger partial charge is 0.493 e. The molecule has 0 aliphatic carbocycles. The van der Waals surface area contributed by atoms with Crippen molar-refractivity contribution in [2.24, 2.45) is 4.99 Å². The van der Waals surface area contributed by atoms with Crippen LogP contribution in [0.2, 0.25) is 0 Å². The average molecular weight is 399 g/mol. The van der Waals surface area contributed by atoms with Gasteiger partial charge >= 0.3 is 0 Å². The van der Waals surface area contributed by atoms with Crippen LogP contribution in [-0.2, 0) is 6.42 Å². The van der Waals surface area contributed by atoms with Crippen LogP contribution < -0.4 is 25.4 Å². The maximum Gasteiger partial charge on any atom is 0.252 e. The number of rotatable bonds is 10. The van der Waals surface area contributed by atoms with Crippen LogP contribution in [0, 0.1) is 0 Å². The Morgan fingerprint density at radius 3 is 2.55 bits per heavy atom. The smallest absolute Gasteiger partial charge is 0.252 e. The standard InChI is InChI=1S/C21H29N5O3/c1-4-23-21(26-13-12-24-20(27)17-6-5-10-22-15-17)25-11-9-16-7-8-18(28-2)19(14-16)29-3/h5-8,10,14-15H,4,9,11-13H2,1-3H3,(H,24,27)(H2,23,25,26). The quantitative estimate of drug-likeness (QED) is 0.319. The summed E-state index contributed by atoms with van der Waals surface area (Å²) < 4.78 is 10.6. The molecule has 1 heterocycles. The molecule has 2 rings (SSSR count). The van der Waals surface area contributed by atoms with Crippen molar-refractivity contribution in [3.05, 3.63) is 53.9 Å². The number of benzene rings is 1. The SMILES string of the molecule is CCNC(=NCCc1ccc(OC)c(OC)c1)NCCNC(=O)c1cccnc1. The third-order valence-corrected chi connectivity index (χ3v) is 4.09. The molecule has 0 saturated carbocycles. The number of nitrogens with one attached hydrogen (secondary N) is 3. The molecule has 0 saturated heterocycles. The molecule has 0 atom stereocenters. The molecule has 156 valence electrons. The maximum absolute atomic E-state index is 12.0. The molecule has 0 unspecified atom stereocenters. The Morgan fingerprint density at radius 2 is 1.86 bits per heavy atom. The zero-order chi connectivity index (χ0) is 20.9. The van der Waals surface area contributed by atoms with E-state index < -0.39 is 0 Å². The van der Waals surface area contributed by atoms with Gasteiger partial charge in [-0.25, -0.2) is 0 Å². The van der Waals surface area contributed by atoms with Crippen LogP contribution in [0.3, 0.4) is 0 Å². The summed E-state index contributed by atoms with van der Waals surface area (Å²) in [4.78, 5) is 20.5. The summed E-state index contributed by atoms with van der Waals surface area (Å²) in [6.45, 7) is 4.43. The first-order valence-electron chi connectivity index (χ1n) is 9.59. The van der Waals surface area contributed by atoms with Gasteiger partial charge in [0.1, 0.15) is 0 Å². The van der Waals surface area contributed by atoms with Gasteiger partial charge < -0.3 is 25.4 Å². The lowest BCUT2D eigenvalue weighted by Gasteiger charge is -2.12. The molecule has 8 nitrogen and oxygen atoms in total. The van der Waals surface area contributed by atoms with E-state index in [4.69, 9.17) is 9.47 Å². The molecule has 1 amide bonds. The molecule has 3 N–H and O–H groups in total. The van der Waals surface area contributed by atoms with Crippen LogP contribution in [0.5, 0.6) is 11.5 Å². The second-order valence-electron chi connectivity index (χ2n) is 6.12. The number of carbonyl (C=O) groups is 1. The topological polar surface area (TPSA) is 96.9 Å². The minimum atomic E-state index is -0.143. The molecular formula is C21H29N5O3. The fourth-order valence-corrected chi connectivity index (χ4v) is 2.63. The summed E-state index contributed by atoms with van der Waals surface area (Å²) in [5, 5.41) is 9.27. The van der Waals surface area contributed by atoms with E-state index in [1.54, 1.807) is 38.7 Å². The van der Waals surface area contributed by atoms with Crippen LogP contribution >= 0.6 is 0 Å². The lowest BCUT2D eigenvalue weighted by molar-refractivity contribution is 0.0954. The van der Waals surface area contributed by atoms with Gasteiger partial charge in [0.05, 0.1) is 19.8 Å². The third-order valence-electron chi connectivity index (χ3n) is 4.09. The highest BCUT2D eigenvalue weighted by Crippen LogP contribution is 2.27. The molecule has 1 aromatic carbocycles. The van der Waals surface area contributed by atoms with Crippen molar-refractivity contribution in [3.63, 3.8) is 0 Å². The Bertz CT molecular complexity index is 796. The number of hydrogen-bond acceptors (Lipinski definition) is 5. The number of amides is 1. The first-order chi connectivity index (χ1) is 14.2. The van der Waals surface area contributed by atoms with Crippen molar-refractivity contribution in [2.45, 2.75) is 13.3 Å². The lowest BCUT2D eigenvalue weighted by atomic mass is 10.1. The van der Waals surface area contributed by atoms with Gasteiger partial charge in [-0.1, -0.05) is 6.07 Å². The summed E-state index contributed by atoms with van der Waals surface area (Å²) in [6, 6.07) is 9.33. The van der Waals surface area contributed by atoms with Crippen LogP contribution in [-0.4, -0.2) is 57.2 Å². The van der Waals surface area contributed by atoms with E-state index in [0.717, 1.165) is 18.5 Å². The molecule has 1 aromatic heterocycles. The van der Waals surface area contributed by atoms with Gasteiger partial charge in [0.25, 0.3) is 5.91 Å². The molecular weight excluding hydrogens is 370 g/mol. The maximum atomic E-state index is 12.0. The average Bonchev–Trinajstić information content (AvgIpc) is 2.76. The summed E-state index contributed by atoms with van der Waals surface area (Å²) in [5.41, 5.74) is 1.66. The zero-order valence-electron chi connectivity index (χ0n) is 17.2. The van der Waals surface area contributed by atoms with Gasteiger partial charge in [-0.3, -0.25) is 14.8 Å². The number of methoxy groups -OCH3 is 2. The van der Waals surface area contributed by atoms with Crippen LogP contribution in [0.4, 0.5) is 0 Å². The number of nitrogens with zero attached hydrogens (tertiary/aromatic N) is 2. The van der Waals surface area contributed by atoms with Crippen LogP contribution in [0.15, 0.2) is 47.7 Å². The number of carbonyl (C=O) groups excluding carboxylic acids is 1. The van der Waals surface area contributed by atoms with Gasteiger partial charge in [0.15, 0.2) is 17.5 Å². The third kappa shape index (κ3) is 7.33. The van der Waals surface area contributed by atoms with Crippen molar-refractivity contribution >= 4 is 11.9 Å². The molecule has 0 aliphatic heterocycles. The van der Waals surface area contributed by atoms with Gasteiger partial charge in [-0.05, 0) is 43.2 Å². The fraction of sp³-hybridized carbons (Fsp3) is 0.381. The van der Waals surface area contributed by atoms with Crippen LogP contribution in [0.25, 0.3) is 0 Å². The summed E-state index contributed by atoms with van der Waals surface area (Å²) in [6.07, 6.45) is 3.95. The zero-order valence-corrected chi connectivity index (χ0v) is 17.2. The molecule has 29 heavy (non-hydrogen) atoms. The Labute approximate surface area is 171 Å². The van der Waals surface area contributed by atoms with Gasteiger partial charge in [-0.2, -0.15) is 0 Å². The number of guanidine groups is 1. The Balaban J connectivity index is 1.79. The highest BCUT2D eigenvalue weighted by atomic mass is 16.5. The van der Waals surface area contributed by atoms with Crippen molar-refractivity contribution in [1.82, 2.24) is 20.9 Å².